The third kappa shape index (κ3) is 4.49. The molecule has 1 aliphatic rings. The highest BCUT2D eigenvalue weighted by molar-refractivity contribution is 5.48. The maximum Gasteiger partial charge on any atom is 0.126 e. The predicted octanol–water partition coefficient (Wildman–Crippen LogP) is 4.19. The first kappa shape index (κ1) is 21.5. The van der Waals surface area contributed by atoms with Gasteiger partial charge in [0.25, 0.3) is 0 Å². The molecule has 162 valence electrons. The minimum atomic E-state index is -1.43. The Morgan fingerprint density at radius 2 is 1.61 bits per heavy atom. The lowest BCUT2D eigenvalue weighted by Gasteiger charge is -2.41. The van der Waals surface area contributed by atoms with Crippen molar-refractivity contribution in [2.75, 3.05) is 40.0 Å². The van der Waals surface area contributed by atoms with Gasteiger partial charge in [0.1, 0.15) is 17.2 Å². The molecule has 3 aromatic rings. The van der Waals surface area contributed by atoms with Crippen LogP contribution in [0.4, 0.5) is 4.39 Å². The first-order valence-electron chi connectivity index (χ1n) is 10.6. The third-order valence-corrected chi connectivity index (χ3v) is 6.05. The van der Waals surface area contributed by atoms with Crippen molar-refractivity contribution < 1.29 is 19.0 Å². The zero-order valence-corrected chi connectivity index (χ0v) is 17.7. The van der Waals surface area contributed by atoms with Crippen molar-refractivity contribution in [3.63, 3.8) is 0 Å². The van der Waals surface area contributed by atoms with Crippen LogP contribution in [0.3, 0.4) is 0 Å². The number of ether oxygens (including phenoxy) is 2. The first-order valence-corrected chi connectivity index (χ1v) is 10.6. The minimum absolute atomic E-state index is 0.312. The average Bonchev–Trinajstić information content (AvgIpc) is 2.83. The van der Waals surface area contributed by atoms with Gasteiger partial charge in [0.2, 0.25) is 0 Å². The van der Waals surface area contributed by atoms with Crippen LogP contribution in [0.5, 0.6) is 5.75 Å². The molecule has 0 radical (unpaired) electrons. The zero-order valence-electron chi connectivity index (χ0n) is 17.7. The number of hydrogen-bond donors (Lipinski definition) is 1. The molecule has 0 spiro atoms. The molecule has 0 saturated carbocycles. The van der Waals surface area contributed by atoms with Gasteiger partial charge in [0.05, 0.1) is 20.3 Å². The molecule has 0 aromatic heterocycles. The molecule has 0 bridgehead atoms. The summed E-state index contributed by atoms with van der Waals surface area (Å²) < 4.78 is 25.0. The van der Waals surface area contributed by atoms with Crippen molar-refractivity contribution in [3.05, 3.63) is 101 Å². The summed E-state index contributed by atoms with van der Waals surface area (Å²) in [6.45, 7) is 3.57. The molecule has 1 saturated heterocycles. The van der Waals surface area contributed by atoms with E-state index in [1.807, 2.05) is 54.6 Å². The van der Waals surface area contributed by atoms with Gasteiger partial charge in [-0.2, -0.15) is 0 Å². The molecule has 1 N–H and O–H groups in total. The van der Waals surface area contributed by atoms with Crippen molar-refractivity contribution in [1.29, 1.82) is 0 Å². The molecule has 31 heavy (non-hydrogen) atoms. The van der Waals surface area contributed by atoms with Gasteiger partial charge in [0.15, 0.2) is 0 Å². The van der Waals surface area contributed by atoms with Crippen molar-refractivity contribution in [3.8, 4) is 5.75 Å². The quantitative estimate of drug-likeness (QED) is 0.621. The number of benzene rings is 3. The number of nitrogens with zero attached hydrogens (tertiary/aromatic N) is 1. The van der Waals surface area contributed by atoms with E-state index in [2.05, 4.69) is 4.90 Å². The van der Waals surface area contributed by atoms with Gasteiger partial charge in [-0.05, 0) is 29.3 Å². The van der Waals surface area contributed by atoms with Crippen LogP contribution in [0.25, 0.3) is 0 Å². The number of para-hydroxylation sites is 1. The van der Waals surface area contributed by atoms with E-state index in [1.54, 1.807) is 19.2 Å². The lowest BCUT2D eigenvalue weighted by molar-refractivity contribution is -0.000159. The molecule has 0 unspecified atom stereocenters. The molecule has 2 atom stereocenters. The second-order valence-corrected chi connectivity index (χ2v) is 7.85. The Labute approximate surface area is 182 Å². The predicted molar refractivity (Wildman–Crippen MR) is 119 cm³/mol. The summed E-state index contributed by atoms with van der Waals surface area (Å²) in [5.74, 6) is -0.0543. The summed E-state index contributed by atoms with van der Waals surface area (Å²) >= 11 is 0. The van der Waals surface area contributed by atoms with Crippen LogP contribution >= 0.6 is 0 Å². The molecule has 1 fully saturated rings. The largest absolute Gasteiger partial charge is 0.496 e. The second-order valence-electron chi connectivity index (χ2n) is 7.85. The normalized spacial score (nSPS) is 17.6. The summed E-state index contributed by atoms with van der Waals surface area (Å²) in [6, 6.07) is 23.6. The fourth-order valence-electron chi connectivity index (χ4n) is 4.41. The Hall–Kier alpha value is -2.73. The summed E-state index contributed by atoms with van der Waals surface area (Å²) in [6.07, 6.45) is 0. The smallest absolute Gasteiger partial charge is 0.126 e. The van der Waals surface area contributed by atoms with Crippen LogP contribution in [0.2, 0.25) is 0 Å². The van der Waals surface area contributed by atoms with E-state index in [0.717, 1.165) is 18.7 Å². The fourth-order valence-corrected chi connectivity index (χ4v) is 4.41. The molecule has 4 nitrogen and oxygen atoms in total. The van der Waals surface area contributed by atoms with Crippen LogP contribution in [0.15, 0.2) is 78.9 Å². The van der Waals surface area contributed by atoms with E-state index < -0.39 is 5.60 Å². The van der Waals surface area contributed by atoms with Gasteiger partial charge < -0.3 is 14.6 Å². The van der Waals surface area contributed by atoms with Crippen LogP contribution in [0, 0.1) is 5.82 Å². The highest BCUT2D eigenvalue weighted by Crippen LogP contribution is 2.46. The Balaban J connectivity index is 1.90. The molecule has 5 heteroatoms. The van der Waals surface area contributed by atoms with Crippen LogP contribution in [-0.2, 0) is 10.3 Å². The maximum atomic E-state index is 13.8. The highest BCUT2D eigenvalue weighted by atomic mass is 19.1. The lowest BCUT2D eigenvalue weighted by Crippen LogP contribution is -2.45. The van der Waals surface area contributed by atoms with E-state index in [-0.39, 0.29) is 11.7 Å². The van der Waals surface area contributed by atoms with Gasteiger partial charge in [-0.25, -0.2) is 4.39 Å². The minimum Gasteiger partial charge on any atom is -0.496 e. The standard InChI is InChI=1S/C26H28FNO3/c1-30-25-10-6-5-9-23(25)26(29,21-11-13-22(27)14-12-21)24(20-7-3-2-4-8-20)19-28-15-17-31-18-16-28/h2-14,24,29H,15-19H2,1H3/t24-,26+/m0/s1. The molecule has 0 aliphatic carbocycles. The number of morpholine rings is 1. The molecule has 1 heterocycles. The summed E-state index contributed by atoms with van der Waals surface area (Å²) in [7, 11) is 1.60. The number of rotatable bonds is 7. The summed E-state index contributed by atoms with van der Waals surface area (Å²) in [5, 5.41) is 12.5. The number of methoxy groups -OCH3 is 1. The topological polar surface area (TPSA) is 41.9 Å². The van der Waals surface area contributed by atoms with Crippen molar-refractivity contribution >= 4 is 0 Å². The van der Waals surface area contributed by atoms with Gasteiger partial charge in [-0.1, -0.05) is 60.7 Å². The van der Waals surface area contributed by atoms with E-state index in [9.17, 15) is 9.50 Å². The van der Waals surface area contributed by atoms with Crippen LogP contribution < -0.4 is 4.74 Å². The lowest BCUT2D eigenvalue weighted by atomic mass is 9.72. The van der Waals surface area contributed by atoms with Crippen molar-refractivity contribution in [2.45, 2.75) is 11.5 Å². The Morgan fingerprint density at radius 3 is 2.29 bits per heavy atom. The van der Waals surface area contributed by atoms with E-state index in [0.29, 0.717) is 36.6 Å². The van der Waals surface area contributed by atoms with Crippen molar-refractivity contribution in [1.82, 2.24) is 4.90 Å². The van der Waals surface area contributed by atoms with Crippen LogP contribution in [-0.4, -0.2) is 50.0 Å². The number of halogens is 1. The molecular weight excluding hydrogens is 393 g/mol. The molecule has 4 rings (SSSR count). The van der Waals surface area contributed by atoms with Gasteiger partial charge in [-0.3, -0.25) is 4.90 Å². The SMILES string of the molecule is COc1ccccc1[C@](O)(c1ccc(F)cc1)[C@@H](CN1CCOCC1)c1ccccc1. The molecule has 1 aliphatic heterocycles. The van der Waals surface area contributed by atoms with Gasteiger partial charge in [0, 0.05) is 31.1 Å². The number of hydrogen-bond acceptors (Lipinski definition) is 4. The van der Waals surface area contributed by atoms with E-state index >= 15 is 0 Å². The average molecular weight is 422 g/mol. The van der Waals surface area contributed by atoms with Gasteiger partial charge >= 0.3 is 0 Å². The molecular formula is C26H28FNO3. The highest BCUT2D eigenvalue weighted by Gasteiger charge is 2.44. The zero-order chi connectivity index (χ0) is 21.7. The van der Waals surface area contributed by atoms with E-state index in [1.165, 1.54) is 12.1 Å². The Kier molecular flexibility index (Phi) is 6.66. The third-order valence-electron chi connectivity index (χ3n) is 6.05. The monoisotopic (exact) mass is 421 g/mol. The first-order chi connectivity index (χ1) is 15.1. The second kappa shape index (κ2) is 9.60. The number of aliphatic hydroxyl groups is 1. The molecule has 0 amide bonds. The fraction of sp³-hybridized carbons (Fsp3) is 0.308. The Bertz CT molecular complexity index is 973. The summed E-state index contributed by atoms with van der Waals surface area (Å²) in [4.78, 5) is 2.31. The summed E-state index contributed by atoms with van der Waals surface area (Å²) in [5.41, 5.74) is 0.860. The molecule has 3 aromatic carbocycles. The van der Waals surface area contributed by atoms with Crippen molar-refractivity contribution in [2.24, 2.45) is 0 Å². The maximum absolute atomic E-state index is 13.8. The Morgan fingerprint density at radius 1 is 0.968 bits per heavy atom. The van der Waals surface area contributed by atoms with Crippen LogP contribution in [0.1, 0.15) is 22.6 Å². The van der Waals surface area contributed by atoms with E-state index in [4.69, 9.17) is 9.47 Å². The van der Waals surface area contributed by atoms with Gasteiger partial charge in [-0.15, -0.1) is 0 Å².